The number of aromatic nitrogens is 2. The zero-order valence-corrected chi connectivity index (χ0v) is 9.55. The van der Waals surface area contributed by atoms with E-state index in [1.807, 2.05) is 0 Å². The van der Waals surface area contributed by atoms with Crippen LogP contribution in [0.2, 0.25) is 0 Å². The van der Waals surface area contributed by atoms with Crippen LogP contribution in [0, 0.1) is 0 Å². The van der Waals surface area contributed by atoms with Crippen LogP contribution in [0.5, 0.6) is 0 Å². The molecular formula is C11H20N2O. The van der Waals surface area contributed by atoms with Crippen LogP contribution in [0.3, 0.4) is 0 Å². The Morgan fingerprint density at radius 2 is 2.00 bits per heavy atom. The first kappa shape index (κ1) is 11.1. The van der Waals surface area contributed by atoms with Gasteiger partial charge in [-0.05, 0) is 18.8 Å². The first-order chi connectivity index (χ1) is 6.61. The van der Waals surface area contributed by atoms with E-state index in [9.17, 15) is 4.79 Å². The van der Waals surface area contributed by atoms with Crippen LogP contribution in [0.1, 0.15) is 51.3 Å². The Hall–Kier alpha value is -0.990. The summed E-state index contributed by atoms with van der Waals surface area (Å²) >= 11 is 0. The minimum atomic E-state index is 0.165. The predicted octanol–water partition coefficient (Wildman–Crippen LogP) is 2.27. The summed E-state index contributed by atoms with van der Waals surface area (Å²) in [7, 11) is 0. The lowest BCUT2D eigenvalue weighted by atomic mass is 10.0. The Morgan fingerprint density at radius 3 is 2.36 bits per heavy atom. The van der Waals surface area contributed by atoms with E-state index in [-0.39, 0.29) is 5.56 Å². The van der Waals surface area contributed by atoms with Gasteiger partial charge in [0.15, 0.2) is 0 Å². The Labute approximate surface area is 85.1 Å². The van der Waals surface area contributed by atoms with Gasteiger partial charge < -0.3 is 0 Å². The van der Waals surface area contributed by atoms with Gasteiger partial charge in [0.1, 0.15) is 0 Å². The Morgan fingerprint density at radius 1 is 1.36 bits per heavy atom. The zero-order chi connectivity index (χ0) is 10.7. The number of nitrogens with one attached hydrogen (secondary N) is 1. The molecular weight excluding hydrogens is 176 g/mol. The smallest absolute Gasteiger partial charge is 0.270 e. The van der Waals surface area contributed by atoms with Crippen molar-refractivity contribution in [2.24, 2.45) is 0 Å². The maximum Gasteiger partial charge on any atom is 0.270 e. The highest BCUT2D eigenvalue weighted by molar-refractivity contribution is 5.20. The first-order valence-corrected chi connectivity index (χ1v) is 5.43. The highest BCUT2D eigenvalue weighted by atomic mass is 16.1. The zero-order valence-electron chi connectivity index (χ0n) is 9.55. The van der Waals surface area contributed by atoms with Crippen LogP contribution in [-0.4, -0.2) is 9.78 Å². The lowest BCUT2D eigenvalue weighted by molar-refractivity contribution is 0.577. The molecule has 1 rings (SSSR count). The largest absolute Gasteiger partial charge is 0.299 e. The molecule has 0 spiro atoms. The normalized spacial score (nSPS) is 11.2. The number of H-pyrrole nitrogens is 1. The van der Waals surface area contributed by atoms with Crippen molar-refractivity contribution in [2.75, 3.05) is 0 Å². The third-order valence-corrected chi connectivity index (χ3v) is 2.45. The van der Waals surface area contributed by atoms with Gasteiger partial charge in [-0.2, -0.15) is 0 Å². The number of rotatable bonds is 4. The third-order valence-electron chi connectivity index (χ3n) is 2.45. The lowest BCUT2D eigenvalue weighted by Crippen LogP contribution is -2.19. The van der Waals surface area contributed by atoms with Crippen molar-refractivity contribution in [3.05, 3.63) is 21.6 Å². The van der Waals surface area contributed by atoms with E-state index in [4.69, 9.17) is 0 Å². The van der Waals surface area contributed by atoms with E-state index in [0.29, 0.717) is 5.92 Å². The van der Waals surface area contributed by atoms with Crippen LogP contribution in [-0.2, 0) is 13.0 Å². The lowest BCUT2D eigenvalue weighted by Gasteiger charge is -2.01. The van der Waals surface area contributed by atoms with E-state index in [2.05, 4.69) is 32.8 Å². The van der Waals surface area contributed by atoms with E-state index in [1.54, 1.807) is 4.68 Å². The Bertz CT molecular complexity index is 347. The second-order valence-corrected chi connectivity index (χ2v) is 3.97. The summed E-state index contributed by atoms with van der Waals surface area (Å²) in [6.45, 7) is 9.08. The predicted molar refractivity (Wildman–Crippen MR) is 58.8 cm³/mol. The van der Waals surface area contributed by atoms with Crippen molar-refractivity contribution in [2.45, 2.75) is 53.0 Å². The molecule has 1 aromatic rings. The number of aromatic amines is 1. The third kappa shape index (κ3) is 1.91. The van der Waals surface area contributed by atoms with Gasteiger partial charge in [-0.1, -0.05) is 27.7 Å². The molecule has 0 aliphatic carbocycles. The minimum absolute atomic E-state index is 0.165. The number of aryl methyl sites for hydroxylation is 2. The average molecular weight is 196 g/mol. The van der Waals surface area contributed by atoms with Crippen LogP contribution < -0.4 is 5.56 Å². The molecule has 0 bridgehead atoms. The van der Waals surface area contributed by atoms with Crippen molar-refractivity contribution in [1.82, 2.24) is 9.78 Å². The summed E-state index contributed by atoms with van der Waals surface area (Å²) in [6, 6.07) is 0. The molecule has 3 nitrogen and oxygen atoms in total. The maximum absolute atomic E-state index is 11.9. The molecule has 0 radical (unpaired) electrons. The molecule has 0 fully saturated rings. The molecule has 1 N–H and O–H groups in total. The Balaban J connectivity index is 3.19. The molecule has 0 saturated heterocycles. The second-order valence-electron chi connectivity index (χ2n) is 3.97. The Kier molecular flexibility index (Phi) is 3.55. The number of nitrogens with zero attached hydrogens (tertiary/aromatic N) is 1. The summed E-state index contributed by atoms with van der Waals surface area (Å²) in [5, 5.41) is 3.19. The summed E-state index contributed by atoms with van der Waals surface area (Å²) < 4.78 is 1.73. The molecule has 0 aromatic carbocycles. The molecule has 3 heteroatoms. The molecule has 0 atom stereocenters. The average Bonchev–Trinajstić information content (AvgIpc) is 2.44. The first-order valence-electron chi connectivity index (χ1n) is 5.43. The molecule has 0 aliphatic heterocycles. The standard InChI is InChI=1S/C11H20N2O/c1-5-7-13-11(14)10(8(3)4)9(6-2)12-13/h8,12H,5-7H2,1-4H3. The molecule has 0 saturated carbocycles. The SMILES string of the molecule is CCCn1[nH]c(CC)c(C(C)C)c1=O. The highest BCUT2D eigenvalue weighted by Crippen LogP contribution is 2.14. The van der Waals surface area contributed by atoms with Crippen molar-refractivity contribution in [3.63, 3.8) is 0 Å². The molecule has 1 aromatic heterocycles. The van der Waals surface area contributed by atoms with E-state index >= 15 is 0 Å². The van der Waals surface area contributed by atoms with Crippen LogP contribution >= 0.6 is 0 Å². The molecule has 1 heterocycles. The quantitative estimate of drug-likeness (QED) is 0.788. The molecule has 0 amide bonds. The van der Waals surface area contributed by atoms with Crippen molar-refractivity contribution >= 4 is 0 Å². The van der Waals surface area contributed by atoms with Gasteiger partial charge >= 0.3 is 0 Å². The van der Waals surface area contributed by atoms with Gasteiger partial charge in [-0.25, -0.2) is 0 Å². The van der Waals surface area contributed by atoms with Gasteiger partial charge in [0.2, 0.25) is 0 Å². The van der Waals surface area contributed by atoms with Gasteiger partial charge in [0.05, 0.1) is 0 Å². The van der Waals surface area contributed by atoms with Gasteiger partial charge in [-0.15, -0.1) is 0 Å². The van der Waals surface area contributed by atoms with Crippen molar-refractivity contribution < 1.29 is 0 Å². The summed E-state index contributed by atoms with van der Waals surface area (Å²) in [5.74, 6) is 0.312. The highest BCUT2D eigenvalue weighted by Gasteiger charge is 2.14. The van der Waals surface area contributed by atoms with E-state index in [0.717, 1.165) is 30.6 Å². The second kappa shape index (κ2) is 4.49. The van der Waals surface area contributed by atoms with Gasteiger partial charge in [0, 0.05) is 17.8 Å². The topological polar surface area (TPSA) is 37.8 Å². The number of hydrogen-bond acceptors (Lipinski definition) is 1. The van der Waals surface area contributed by atoms with Crippen molar-refractivity contribution in [3.8, 4) is 0 Å². The summed E-state index contributed by atoms with van der Waals surface area (Å²) in [4.78, 5) is 11.9. The molecule has 0 aliphatic rings. The fraction of sp³-hybridized carbons (Fsp3) is 0.727. The maximum atomic E-state index is 11.9. The molecule has 0 unspecified atom stereocenters. The van der Waals surface area contributed by atoms with E-state index < -0.39 is 0 Å². The van der Waals surface area contributed by atoms with Crippen LogP contribution in [0.4, 0.5) is 0 Å². The van der Waals surface area contributed by atoms with Crippen LogP contribution in [0.25, 0.3) is 0 Å². The van der Waals surface area contributed by atoms with Crippen molar-refractivity contribution in [1.29, 1.82) is 0 Å². The number of hydrogen-bond donors (Lipinski definition) is 1. The minimum Gasteiger partial charge on any atom is -0.299 e. The van der Waals surface area contributed by atoms with Gasteiger partial charge in [0.25, 0.3) is 5.56 Å². The summed E-state index contributed by atoms with van der Waals surface area (Å²) in [6.07, 6.45) is 1.89. The van der Waals surface area contributed by atoms with E-state index in [1.165, 1.54) is 0 Å². The molecule has 80 valence electrons. The van der Waals surface area contributed by atoms with Crippen LogP contribution in [0.15, 0.2) is 4.79 Å². The summed E-state index contributed by atoms with van der Waals surface area (Å²) in [5.41, 5.74) is 2.22. The van der Waals surface area contributed by atoms with Gasteiger partial charge in [-0.3, -0.25) is 14.6 Å². The monoisotopic (exact) mass is 196 g/mol. The fourth-order valence-electron chi connectivity index (χ4n) is 1.79. The fourth-order valence-corrected chi connectivity index (χ4v) is 1.79. The molecule has 14 heavy (non-hydrogen) atoms.